The molecule has 0 radical (unpaired) electrons. The summed E-state index contributed by atoms with van der Waals surface area (Å²) in [6.07, 6.45) is 1.17. The zero-order chi connectivity index (χ0) is 15.6. The Bertz CT molecular complexity index is 560. The number of benzene rings is 1. The number of aliphatic carboxylic acids is 1. The third-order valence-corrected chi connectivity index (χ3v) is 4.06. The first kappa shape index (κ1) is 15.2. The molecule has 1 atom stereocenters. The predicted octanol–water partition coefficient (Wildman–Crippen LogP) is 2.19. The van der Waals surface area contributed by atoms with Crippen LogP contribution < -0.4 is 9.64 Å². The summed E-state index contributed by atoms with van der Waals surface area (Å²) in [7, 11) is 3.20. The quantitative estimate of drug-likeness (QED) is 0.927. The van der Waals surface area contributed by atoms with Crippen molar-refractivity contribution in [1.82, 2.24) is 4.90 Å². The maximum Gasteiger partial charge on any atom is 0.329 e. The van der Waals surface area contributed by atoms with Crippen LogP contribution in [0.15, 0.2) is 24.3 Å². The molecule has 1 heterocycles. The second-order valence-corrected chi connectivity index (χ2v) is 5.38. The minimum atomic E-state index is -1.13. The fourth-order valence-corrected chi connectivity index (χ4v) is 2.60. The average Bonchev–Trinajstić information content (AvgIpc) is 2.89. The average molecular weight is 292 g/mol. The van der Waals surface area contributed by atoms with E-state index in [0.29, 0.717) is 30.8 Å². The Balaban J connectivity index is 2.24. The summed E-state index contributed by atoms with van der Waals surface area (Å²) in [6.45, 7) is 2.05. The highest BCUT2D eigenvalue weighted by Crippen LogP contribution is 2.31. The van der Waals surface area contributed by atoms with Gasteiger partial charge in [-0.1, -0.05) is 6.07 Å². The van der Waals surface area contributed by atoms with Crippen LogP contribution in [0.2, 0.25) is 0 Å². The second kappa shape index (κ2) is 5.63. The van der Waals surface area contributed by atoms with E-state index >= 15 is 0 Å². The van der Waals surface area contributed by atoms with Crippen molar-refractivity contribution in [3.05, 3.63) is 24.3 Å². The molecule has 1 N–H and O–H groups in total. The molecule has 1 aromatic carbocycles. The minimum absolute atomic E-state index is 0.314. The number of amides is 2. The number of likely N-dealkylation sites (tertiary alicyclic amines) is 1. The van der Waals surface area contributed by atoms with E-state index in [-0.39, 0.29) is 6.03 Å². The molecular weight excluding hydrogens is 272 g/mol. The first-order valence-corrected chi connectivity index (χ1v) is 6.83. The van der Waals surface area contributed by atoms with Gasteiger partial charge in [-0.25, -0.2) is 9.59 Å². The molecule has 0 aliphatic carbocycles. The van der Waals surface area contributed by atoms with Gasteiger partial charge in [-0.05, 0) is 31.9 Å². The van der Waals surface area contributed by atoms with Gasteiger partial charge in [0.1, 0.15) is 11.3 Å². The number of carbonyl (C=O) groups is 2. The SMILES string of the molecule is COc1cccc(N(C)C(=O)N2CCCC2(C)C(=O)O)c1. The standard InChI is InChI=1S/C15H20N2O4/c1-15(13(18)19)8-5-9-17(15)14(20)16(2)11-6-4-7-12(10-11)21-3/h4,6-7,10H,5,8-9H2,1-3H3,(H,18,19). The third-order valence-electron chi connectivity index (χ3n) is 4.06. The molecule has 1 aromatic rings. The minimum Gasteiger partial charge on any atom is -0.497 e. The highest BCUT2D eigenvalue weighted by Gasteiger charge is 2.46. The zero-order valence-corrected chi connectivity index (χ0v) is 12.5. The lowest BCUT2D eigenvalue weighted by atomic mass is 10.00. The number of anilines is 1. The predicted molar refractivity (Wildman–Crippen MR) is 78.8 cm³/mol. The highest BCUT2D eigenvalue weighted by atomic mass is 16.5. The van der Waals surface area contributed by atoms with Gasteiger partial charge in [0.25, 0.3) is 0 Å². The number of nitrogens with zero attached hydrogens (tertiary/aromatic N) is 2. The number of carboxylic acid groups (broad SMARTS) is 1. The summed E-state index contributed by atoms with van der Waals surface area (Å²) in [5.74, 6) is -0.318. The summed E-state index contributed by atoms with van der Waals surface area (Å²) in [5, 5.41) is 9.39. The molecule has 1 unspecified atom stereocenters. The fourth-order valence-electron chi connectivity index (χ4n) is 2.60. The zero-order valence-electron chi connectivity index (χ0n) is 12.5. The normalized spacial score (nSPS) is 21.2. The van der Waals surface area contributed by atoms with Gasteiger partial charge in [0.15, 0.2) is 0 Å². The maximum atomic E-state index is 12.6. The van der Waals surface area contributed by atoms with Crippen LogP contribution in [-0.4, -0.2) is 48.2 Å². The van der Waals surface area contributed by atoms with Crippen molar-refractivity contribution in [3.63, 3.8) is 0 Å². The molecule has 2 rings (SSSR count). The molecule has 1 aliphatic heterocycles. The van der Waals surface area contributed by atoms with E-state index < -0.39 is 11.5 Å². The molecule has 21 heavy (non-hydrogen) atoms. The molecule has 1 aliphatic rings. The number of carbonyl (C=O) groups excluding carboxylic acids is 1. The van der Waals surface area contributed by atoms with Crippen LogP contribution in [0.1, 0.15) is 19.8 Å². The number of urea groups is 1. The summed E-state index contributed by atoms with van der Waals surface area (Å²) in [6, 6.07) is 6.79. The molecule has 0 saturated carbocycles. The Hall–Kier alpha value is -2.24. The van der Waals surface area contributed by atoms with Crippen molar-refractivity contribution in [2.75, 3.05) is 25.6 Å². The summed E-state index contributed by atoms with van der Waals surface area (Å²) >= 11 is 0. The van der Waals surface area contributed by atoms with E-state index in [1.54, 1.807) is 45.3 Å². The van der Waals surface area contributed by atoms with Crippen LogP contribution in [0.3, 0.4) is 0 Å². The molecule has 6 heteroatoms. The Kier molecular flexibility index (Phi) is 4.06. The van der Waals surface area contributed by atoms with Gasteiger partial charge in [0.2, 0.25) is 0 Å². The maximum absolute atomic E-state index is 12.6. The molecule has 114 valence electrons. The van der Waals surface area contributed by atoms with Gasteiger partial charge in [-0.2, -0.15) is 0 Å². The molecule has 6 nitrogen and oxygen atoms in total. The molecular formula is C15H20N2O4. The van der Waals surface area contributed by atoms with Crippen molar-refractivity contribution in [3.8, 4) is 5.75 Å². The molecule has 0 spiro atoms. The fraction of sp³-hybridized carbons (Fsp3) is 0.467. The van der Waals surface area contributed by atoms with E-state index in [4.69, 9.17) is 4.74 Å². The molecule has 0 aromatic heterocycles. The van der Waals surface area contributed by atoms with Gasteiger partial charge in [0.05, 0.1) is 7.11 Å². The Morgan fingerprint density at radius 3 is 2.76 bits per heavy atom. The van der Waals surface area contributed by atoms with Gasteiger partial charge in [-0.3, -0.25) is 4.90 Å². The topological polar surface area (TPSA) is 70.1 Å². The van der Waals surface area contributed by atoms with E-state index in [1.807, 2.05) is 0 Å². The van der Waals surface area contributed by atoms with E-state index in [0.717, 1.165) is 0 Å². The molecule has 0 bridgehead atoms. The van der Waals surface area contributed by atoms with E-state index in [9.17, 15) is 14.7 Å². The Morgan fingerprint density at radius 2 is 2.14 bits per heavy atom. The first-order valence-electron chi connectivity index (χ1n) is 6.83. The molecule has 2 amide bonds. The van der Waals surface area contributed by atoms with Gasteiger partial charge >= 0.3 is 12.0 Å². The third kappa shape index (κ3) is 2.66. The van der Waals surface area contributed by atoms with Crippen LogP contribution in [0, 0.1) is 0 Å². The van der Waals surface area contributed by atoms with Crippen molar-refractivity contribution in [1.29, 1.82) is 0 Å². The van der Waals surface area contributed by atoms with E-state index in [1.165, 1.54) is 9.80 Å². The number of rotatable bonds is 3. The van der Waals surface area contributed by atoms with Gasteiger partial charge in [0, 0.05) is 25.3 Å². The Morgan fingerprint density at radius 1 is 1.43 bits per heavy atom. The van der Waals surface area contributed by atoms with Crippen molar-refractivity contribution >= 4 is 17.7 Å². The lowest BCUT2D eigenvalue weighted by Crippen LogP contribution is -2.54. The number of ether oxygens (including phenoxy) is 1. The summed E-state index contributed by atoms with van der Waals surface area (Å²) in [4.78, 5) is 27.0. The van der Waals surface area contributed by atoms with E-state index in [2.05, 4.69) is 0 Å². The highest BCUT2D eigenvalue weighted by molar-refractivity contribution is 5.95. The largest absolute Gasteiger partial charge is 0.497 e. The summed E-state index contributed by atoms with van der Waals surface area (Å²) in [5.41, 5.74) is -0.469. The monoisotopic (exact) mass is 292 g/mol. The van der Waals surface area contributed by atoms with Crippen molar-refractivity contribution in [2.24, 2.45) is 0 Å². The van der Waals surface area contributed by atoms with Gasteiger partial charge < -0.3 is 14.7 Å². The smallest absolute Gasteiger partial charge is 0.329 e. The van der Waals surface area contributed by atoms with Crippen molar-refractivity contribution < 1.29 is 19.4 Å². The number of carboxylic acids is 1. The van der Waals surface area contributed by atoms with Gasteiger partial charge in [-0.15, -0.1) is 0 Å². The van der Waals surface area contributed by atoms with Crippen molar-refractivity contribution in [2.45, 2.75) is 25.3 Å². The first-order chi connectivity index (χ1) is 9.90. The van der Waals surface area contributed by atoms with Crippen LogP contribution in [0.5, 0.6) is 5.75 Å². The molecule has 1 saturated heterocycles. The Labute approximate surface area is 123 Å². The second-order valence-electron chi connectivity index (χ2n) is 5.38. The van der Waals surface area contributed by atoms with Crippen LogP contribution in [0.25, 0.3) is 0 Å². The van der Waals surface area contributed by atoms with Crippen LogP contribution in [-0.2, 0) is 4.79 Å². The lowest BCUT2D eigenvalue weighted by molar-refractivity contribution is -0.147. The number of hydrogen-bond donors (Lipinski definition) is 1. The van der Waals surface area contributed by atoms with Crippen LogP contribution >= 0.6 is 0 Å². The summed E-state index contributed by atoms with van der Waals surface area (Å²) < 4.78 is 5.14. The number of hydrogen-bond acceptors (Lipinski definition) is 3. The number of methoxy groups -OCH3 is 1. The molecule has 1 fully saturated rings. The lowest BCUT2D eigenvalue weighted by Gasteiger charge is -2.34. The van der Waals surface area contributed by atoms with Crippen LogP contribution in [0.4, 0.5) is 10.5 Å².